The average Bonchev–Trinajstić information content (AvgIpc) is 3.12. The molecular weight excluding hydrogens is 363 g/mol. The van der Waals surface area contributed by atoms with Gasteiger partial charge < -0.3 is 9.84 Å². The molecule has 1 aliphatic rings. The van der Waals surface area contributed by atoms with Gasteiger partial charge in [-0.15, -0.1) is 0 Å². The third kappa shape index (κ3) is 2.81. The molecule has 2 atom stereocenters. The topological polar surface area (TPSA) is 98.2 Å². The number of pyridine rings is 2. The molecule has 1 N–H and O–H groups in total. The lowest BCUT2D eigenvalue weighted by Crippen LogP contribution is -2.16. The summed E-state index contributed by atoms with van der Waals surface area (Å²) in [6.45, 7) is 1.83. The van der Waals surface area contributed by atoms with E-state index in [-0.39, 0.29) is 23.5 Å². The smallest absolute Gasteiger partial charge is 0.275 e. The second-order valence-corrected chi connectivity index (χ2v) is 6.70. The van der Waals surface area contributed by atoms with E-state index in [0.717, 1.165) is 5.56 Å². The minimum absolute atomic E-state index is 0.263. The van der Waals surface area contributed by atoms with E-state index in [2.05, 4.69) is 25.4 Å². The first-order chi connectivity index (χ1) is 13.6. The summed E-state index contributed by atoms with van der Waals surface area (Å²) in [6, 6.07) is 9.03. The average molecular weight is 378 g/mol. The van der Waals surface area contributed by atoms with Crippen molar-refractivity contribution in [2.75, 3.05) is 5.32 Å². The predicted molar refractivity (Wildman–Crippen MR) is 97.7 cm³/mol. The van der Waals surface area contributed by atoms with Crippen LogP contribution < -0.4 is 5.32 Å². The van der Waals surface area contributed by atoms with Crippen molar-refractivity contribution in [3.63, 3.8) is 0 Å². The minimum atomic E-state index is -0.917. The van der Waals surface area contributed by atoms with Gasteiger partial charge in [-0.25, -0.2) is 14.4 Å². The fourth-order valence-electron chi connectivity index (χ4n) is 2.96. The van der Waals surface area contributed by atoms with Crippen molar-refractivity contribution < 1.29 is 13.7 Å². The largest absolute Gasteiger partial charge is 0.339 e. The molecule has 5 rings (SSSR count). The number of imidazole rings is 1. The molecule has 4 aromatic rings. The van der Waals surface area contributed by atoms with Crippen LogP contribution in [0.1, 0.15) is 34.3 Å². The Morgan fingerprint density at radius 2 is 2.14 bits per heavy atom. The van der Waals surface area contributed by atoms with Crippen LogP contribution in [0.5, 0.6) is 0 Å². The Bertz CT molecular complexity index is 1200. The number of alkyl halides is 1. The van der Waals surface area contributed by atoms with Crippen LogP contribution in [0.2, 0.25) is 0 Å². The highest BCUT2D eigenvalue weighted by atomic mass is 19.1. The summed E-state index contributed by atoms with van der Waals surface area (Å²) < 4.78 is 20.0. The predicted octanol–water partition coefficient (Wildman–Crippen LogP) is 3.17. The van der Waals surface area contributed by atoms with Crippen LogP contribution in [0, 0.1) is 6.92 Å². The van der Waals surface area contributed by atoms with Gasteiger partial charge in [-0.3, -0.25) is 9.20 Å². The number of hydrogen-bond acceptors (Lipinski definition) is 6. The van der Waals surface area contributed by atoms with Gasteiger partial charge in [0.05, 0.1) is 12.1 Å². The van der Waals surface area contributed by atoms with Gasteiger partial charge >= 0.3 is 0 Å². The number of nitrogens with zero attached hydrogens (tertiary/aromatic N) is 5. The number of carbonyl (C=O) groups excluding carboxylic acids is 1. The molecule has 0 bridgehead atoms. The normalized spacial score (nSPS) is 18.4. The highest BCUT2D eigenvalue weighted by Crippen LogP contribution is 2.42. The molecule has 0 saturated heterocycles. The molecule has 8 nitrogen and oxygen atoms in total. The summed E-state index contributed by atoms with van der Waals surface area (Å²) in [7, 11) is 0. The van der Waals surface area contributed by atoms with Crippen LogP contribution in [0.4, 0.5) is 10.2 Å². The molecule has 4 aromatic heterocycles. The lowest BCUT2D eigenvalue weighted by molar-refractivity contribution is 0.102. The zero-order valence-corrected chi connectivity index (χ0v) is 14.8. The maximum absolute atomic E-state index is 13.2. The number of aromatic nitrogens is 5. The first kappa shape index (κ1) is 16.5. The van der Waals surface area contributed by atoms with Crippen molar-refractivity contribution in [1.82, 2.24) is 24.5 Å². The van der Waals surface area contributed by atoms with E-state index >= 15 is 0 Å². The fourth-order valence-corrected chi connectivity index (χ4v) is 2.96. The van der Waals surface area contributed by atoms with Crippen LogP contribution in [-0.2, 0) is 0 Å². The number of hydrogen-bond donors (Lipinski definition) is 1. The van der Waals surface area contributed by atoms with Gasteiger partial charge in [-0.2, -0.15) is 4.98 Å². The third-order valence-corrected chi connectivity index (χ3v) is 4.68. The second kappa shape index (κ2) is 6.22. The van der Waals surface area contributed by atoms with Gasteiger partial charge in [0.15, 0.2) is 0 Å². The van der Waals surface area contributed by atoms with E-state index in [1.165, 1.54) is 6.20 Å². The molecule has 1 saturated carbocycles. The van der Waals surface area contributed by atoms with Crippen LogP contribution in [0.15, 0.2) is 47.2 Å². The molecular formula is C19H15FN6O2. The summed E-state index contributed by atoms with van der Waals surface area (Å²) in [6.07, 6.45) is 2.77. The number of carbonyl (C=O) groups is 1. The van der Waals surface area contributed by atoms with Gasteiger partial charge in [0.25, 0.3) is 5.91 Å². The Hall–Kier alpha value is -3.62. The summed E-state index contributed by atoms with van der Waals surface area (Å²) >= 11 is 0. The van der Waals surface area contributed by atoms with Gasteiger partial charge in [-0.1, -0.05) is 17.3 Å². The number of rotatable bonds is 4. The van der Waals surface area contributed by atoms with E-state index in [9.17, 15) is 9.18 Å². The maximum atomic E-state index is 13.2. The zero-order chi connectivity index (χ0) is 19.3. The van der Waals surface area contributed by atoms with Crippen LogP contribution in [0.25, 0.3) is 17.2 Å². The van der Waals surface area contributed by atoms with E-state index in [0.29, 0.717) is 29.3 Å². The molecule has 28 heavy (non-hydrogen) atoms. The van der Waals surface area contributed by atoms with Gasteiger partial charge in [0.1, 0.15) is 29.0 Å². The second-order valence-electron chi connectivity index (χ2n) is 6.70. The van der Waals surface area contributed by atoms with Crippen molar-refractivity contribution >= 4 is 17.4 Å². The van der Waals surface area contributed by atoms with Crippen LogP contribution in [0.3, 0.4) is 0 Å². The maximum Gasteiger partial charge on any atom is 0.275 e. The number of amides is 1. The molecule has 1 amide bonds. The lowest BCUT2D eigenvalue weighted by Gasteiger charge is -2.08. The number of nitrogens with one attached hydrogen (secondary N) is 1. The summed E-state index contributed by atoms with van der Waals surface area (Å²) in [5.74, 6) is 0.273. The quantitative estimate of drug-likeness (QED) is 0.586. The first-order valence-corrected chi connectivity index (χ1v) is 8.79. The van der Waals surface area contributed by atoms with Crippen molar-refractivity contribution in [1.29, 1.82) is 0 Å². The van der Waals surface area contributed by atoms with Gasteiger partial charge in [0, 0.05) is 6.20 Å². The van der Waals surface area contributed by atoms with Crippen molar-refractivity contribution in [3.05, 3.63) is 59.9 Å². The van der Waals surface area contributed by atoms with Crippen LogP contribution in [-0.4, -0.2) is 36.6 Å². The number of anilines is 1. The Balaban J connectivity index is 1.43. The van der Waals surface area contributed by atoms with Crippen molar-refractivity contribution in [2.45, 2.75) is 25.4 Å². The van der Waals surface area contributed by atoms with Crippen LogP contribution >= 0.6 is 0 Å². The van der Waals surface area contributed by atoms with E-state index < -0.39 is 6.17 Å². The standard InChI is InChI=1S/C19H15FN6O2/c1-10-5-6-13(17-24-19(28-25-17)11-8-12(11)20)22-16(10)23-18(27)14-9-21-15-4-2-3-7-26(14)15/h2-7,9,11-12H,8H2,1H3,(H,22,23,27)/t11-,12-/m0/s1. The summed E-state index contributed by atoms with van der Waals surface area (Å²) in [4.78, 5) is 25.6. The highest BCUT2D eigenvalue weighted by molar-refractivity contribution is 6.03. The lowest BCUT2D eigenvalue weighted by atomic mass is 10.2. The van der Waals surface area contributed by atoms with Gasteiger partial charge in [0.2, 0.25) is 11.7 Å². The first-order valence-electron chi connectivity index (χ1n) is 8.79. The molecule has 1 fully saturated rings. The number of aryl methyl sites for hydroxylation is 1. The van der Waals surface area contributed by atoms with E-state index in [1.54, 1.807) is 22.7 Å². The van der Waals surface area contributed by atoms with Gasteiger partial charge in [-0.05, 0) is 37.1 Å². The SMILES string of the molecule is Cc1ccc(-c2noc([C@H]3C[C@@H]3F)n2)nc1NC(=O)c1cnc2ccccn12. The summed E-state index contributed by atoms with van der Waals surface area (Å²) in [5, 5.41) is 6.69. The Kier molecular flexibility index (Phi) is 3.68. The number of fused-ring (bicyclic) bond motifs is 1. The molecule has 140 valence electrons. The molecule has 1 aliphatic carbocycles. The number of halogens is 1. The molecule has 0 aliphatic heterocycles. The molecule has 9 heteroatoms. The molecule has 4 heterocycles. The molecule has 0 radical (unpaired) electrons. The summed E-state index contributed by atoms with van der Waals surface area (Å²) in [5.41, 5.74) is 2.29. The monoisotopic (exact) mass is 378 g/mol. The van der Waals surface area contributed by atoms with E-state index in [1.807, 2.05) is 25.1 Å². The molecule has 0 spiro atoms. The minimum Gasteiger partial charge on any atom is -0.339 e. The van der Waals surface area contributed by atoms with Crippen molar-refractivity contribution in [3.8, 4) is 11.5 Å². The highest BCUT2D eigenvalue weighted by Gasteiger charge is 2.43. The fraction of sp³-hybridized carbons (Fsp3) is 0.211. The Morgan fingerprint density at radius 3 is 2.96 bits per heavy atom. The third-order valence-electron chi connectivity index (χ3n) is 4.68. The van der Waals surface area contributed by atoms with Crippen molar-refractivity contribution in [2.24, 2.45) is 0 Å². The zero-order valence-electron chi connectivity index (χ0n) is 14.8. The Morgan fingerprint density at radius 1 is 1.29 bits per heavy atom. The Labute approximate surface area is 158 Å². The van der Waals surface area contributed by atoms with E-state index in [4.69, 9.17) is 4.52 Å². The molecule has 0 unspecified atom stereocenters. The molecule has 0 aromatic carbocycles.